The fourth-order valence-corrected chi connectivity index (χ4v) is 5.51. The van der Waals surface area contributed by atoms with Gasteiger partial charge in [-0.15, -0.1) is 12.4 Å². The van der Waals surface area contributed by atoms with Crippen molar-refractivity contribution in [3.05, 3.63) is 47.0 Å². The Morgan fingerprint density at radius 1 is 0.647 bits per heavy atom. The molecule has 2 rings (SSSR count). The van der Waals surface area contributed by atoms with Gasteiger partial charge in [-0.25, -0.2) is 0 Å². The van der Waals surface area contributed by atoms with Crippen molar-refractivity contribution in [2.75, 3.05) is 0 Å². The number of halogens is 1. The Hall–Kier alpha value is -1.05. The summed E-state index contributed by atoms with van der Waals surface area (Å²) in [6.45, 7) is 6.85. The van der Waals surface area contributed by atoms with Crippen molar-refractivity contribution >= 4 is 23.2 Å². The van der Waals surface area contributed by atoms with E-state index in [9.17, 15) is 0 Å². The highest BCUT2D eigenvalue weighted by molar-refractivity contribution is 5.88. The highest BCUT2D eigenvalue weighted by Crippen LogP contribution is 2.33. The van der Waals surface area contributed by atoms with Crippen LogP contribution < -0.4 is 5.73 Å². The van der Waals surface area contributed by atoms with Gasteiger partial charge in [0.1, 0.15) is 0 Å². The largest absolute Gasteiger partial charge is 0.324 e. The summed E-state index contributed by atoms with van der Waals surface area (Å²) >= 11 is 0. The molecule has 0 radical (unpaired) electrons. The molecule has 0 aliphatic rings. The van der Waals surface area contributed by atoms with E-state index in [0.29, 0.717) is 0 Å². The molecular weight excluding hydrogens is 434 g/mol. The van der Waals surface area contributed by atoms with Gasteiger partial charge >= 0.3 is 0 Å². The topological polar surface area (TPSA) is 26.0 Å². The molecule has 0 saturated heterocycles. The van der Waals surface area contributed by atoms with E-state index in [0.717, 1.165) is 19.3 Å². The molecule has 0 saturated carbocycles. The van der Waals surface area contributed by atoms with E-state index in [-0.39, 0.29) is 18.4 Å². The van der Waals surface area contributed by atoms with Gasteiger partial charge in [0.15, 0.2) is 0 Å². The molecule has 2 aromatic rings. The third-order valence-corrected chi connectivity index (χ3v) is 7.52. The summed E-state index contributed by atoms with van der Waals surface area (Å²) in [7, 11) is 0. The summed E-state index contributed by atoms with van der Waals surface area (Å²) in [6.07, 6.45) is 24.5. The zero-order valence-electron chi connectivity index (χ0n) is 22.7. The molecule has 0 aliphatic carbocycles. The van der Waals surface area contributed by atoms with Crippen LogP contribution in [0.25, 0.3) is 10.8 Å². The van der Waals surface area contributed by atoms with Gasteiger partial charge in [0.2, 0.25) is 0 Å². The molecule has 2 heteroatoms. The van der Waals surface area contributed by atoms with Crippen molar-refractivity contribution in [1.29, 1.82) is 0 Å². The molecule has 1 unspecified atom stereocenters. The van der Waals surface area contributed by atoms with Crippen LogP contribution in [0.3, 0.4) is 0 Å². The minimum absolute atomic E-state index is 0. The first-order valence-corrected chi connectivity index (χ1v) is 14.5. The monoisotopic (exact) mass is 487 g/mol. The summed E-state index contributed by atoms with van der Waals surface area (Å²) in [5, 5.41) is 2.73. The van der Waals surface area contributed by atoms with E-state index in [1.807, 2.05) is 0 Å². The van der Waals surface area contributed by atoms with Crippen LogP contribution in [0, 0.1) is 0 Å². The van der Waals surface area contributed by atoms with Crippen LogP contribution in [0.2, 0.25) is 0 Å². The number of unbranched alkanes of at least 4 members (excludes halogenated alkanes) is 14. The lowest BCUT2D eigenvalue weighted by molar-refractivity contribution is 0.519. The summed E-state index contributed by atoms with van der Waals surface area (Å²) in [4.78, 5) is 0. The smallest absolute Gasteiger partial charge is 0.0303 e. The van der Waals surface area contributed by atoms with E-state index in [1.54, 1.807) is 0 Å². The Morgan fingerprint density at radius 3 is 1.65 bits per heavy atom. The Labute approximate surface area is 218 Å². The average molecular weight is 488 g/mol. The minimum Gasteiger partial charge on any atom is -0.324 e. The SMILES string of the molecule is CCCCCCCCCCCCCCCCCC(N)c1c(CC)c(CC)cc2ccccc12.Cl. The van der Waals surface area contributed by atoms with Gasteiger partial charge in [-0.2, -0.15) is 0 Å². The van der Waals surface area contributed by atoms with E-state index in [2.05, 4.69) is 51.1 Å². The summed E-state index contributed by atoms with van der Waals surface area (Å²) in [5.74, 6) is 0. The number of rotatable bonds is 19. The second kappa shape index (κ2) is 19.2. The first-order chi connectivity index (χ1) is 16.2. The number of fused-ring (bicyclic) bond motifs is 1. The molecule has 1 atom stereocenters. The van der Waals surface area contributed by atoms with E-state index in [1.165, 1.54) is 124 Å². The first kappa shape index (κ1) is 31.0. The van der Waals surface area contributed by atoms with Crippen LogP contribution in [-0.2, 0) is 12.8 Å². The zero-order valence-corrected chi connectivity index (χ0v) is 23.5. The molecule has 1 nitrogen and oxygen atoms in total. The maximum absolute atomic E-state index is 6.82. The molecule has 0 heterocycles. The number of nitrogens with two attached hydrogens (primary N) is 1. The molecule has 34 heavy (non-hydrogen) atoms. The van der Waals surface area contributed by atoms with Gasteiger partial charge < -0.3 is 5.73 Å². The second-order valence-electron chi connectivity index (χ2n) is 10.2. The summed E-state index contributed by atoms with van der Waals surface area (Å²) in [5.41, 5.74) is 11.2. The zero-order chi connectivity index (χ0) is 23.7. The van der Waals surface area contributed by atoms with Gasteiger partial charge in [-0.1, -0.05) is 147 Å². The van der Waals surface area contributed by atoms with E-state index < -0.39 is 0 Å². The van der Waals surface area contributed by atoms with Gasteiger partial charge in [-0.3, -0.25) is 0 Å². The van der Waals surface area contributed by atoms with Crippen molar-refractivity contribution in [3.8, 4) is 0 Å². The van der Waals surface area contributed by atoms with E-state index >= 15 is 0 Å². The van der Waals surface area contributed by atoms with Gasteiger partial charge in [0.05, 0.1) is 0 Å². The molecule has 0 fully saturated rings. The Kier molecular flexibility index (Phi) is 17.5. The molecular formula is C32H54ClN. The van der Waals surface area contributed by atoms with Crippen LogP contribution >= 0.6 is 12.4 Å². The van der Waals surface area contributed by atoms with Crippen molar-refractivity contribution in [3.63, 3.8) is 0 Å². The van der Waals surface area contributed by atoms with Crippen LogP contribution in [0.1, 0.15) is 146 Å². The van der Waals surface area contributed by atoms with E-state index in [4.69, 9.17) is 5.73 Å². The van der Waals surface area contributed by atoms with Crippen molar-refractivity contribution in [2.24, 2.45) is 5.73 Å². The van der Waals surface area contributed by atoms with Crippen LogP contribution in [0.15, 0.2) is 30.3 Å². The third kappa shape index (κ3) is 10.7. The molecule has 2 aromatic carbocycles. The highest BCUT2D eigenvalue weighted by atomic mass is 35.5. The lowest BCUT2D eigenvalue weighted by atomic mass is 9.86. The molecule has 0 aliphatic heterocycles. The number of hydrogen-bond acceptors (Lipinski definition) is 1. The lowest BCUT2D eigenvalue weighted by Gasteiger charge is -2.22. The third-order valence-electron chi connectivity index (χ3n) is 7.52. The molecule has 194 valence electrons. The normalized spacial score (nSPS) is 12.1. The predicted octanol–water partition coefficient (Wildman–Crippen LogP) is 10.6. The standard InChI is InChI=1S/C32H53N.ClH/c1-4-7-8-9-10-11-12-13-14-15-16-17-18-19-20-25-31(33)32-29(6-3)27(5-2)26-28-23-21-22-24-30(28)32;/h21-24,26,31H,4-20,25,33H2,1-3H3;1H. The number of hydrogen-bond donors (Lipinski definition) is 1. The van der Waals surface area contributed by atoms with Gasteiger partial charge in [0, 0.05) is 6.04 Å². The van der Waals surface area contributed by atoms with Crippen molar-refractivity contribution < 1.29 is 0 Å². The quantitative estimate of drug-likeness (QED) is 0.196. The summed E-state index contributed by atoms with van der Waals surface area (Å²) < 4.78 is 0. The Morgan fingerprint density at radius 2 is 1.15 bits per heavy atom. The fourth-order valence-electron chi connectivity index (χ4n) is 5.51. The fraction of sp³-hybridized carbons (Fsp3) is 0.688. The van der Waals surface area contributed by atoms with Crippen LogP contribution in [-0.4, -0.2) is 0 Å². The molecule has 0 spiro atoms. The molecule has 0 bridgehead atoms. The van der Waals surface area contributed by atoms with Crippen molar-refractivity contribution in [1.82, 2.24) is 0 Å². The average Bonchev–Trinajstić information content (AvgIpc) is 2.84. The first-order valence-electron chi connectivity index (χ1n) is 14.5. The number of aryl methyl sites for hydroxylation is 1. The van der Waals surface area contributed by atoms with Crippen molar-refractivity contribution in [2.45, 2.75) is 142 Å². The molecule has 0 aromatic heterocycles. The second-order valence-corrected chi connectivity index (χ2v) is 10.2. The minimum atomic E-state index is 0. The molecule has 2 N–H and O–H groups in total. The Bertz CT molecular complexity index is 769. The number of benzene rings is 2. The highest BCUT2D eigenvalue weighted by Gasteiger charge is 2.17. The van der Waals surface area contributed by atoms with Crippen LogP contribution in [0.5, 0.6) is 0 Å². The molecule has 0 amide bonds. The maximum Gasteiger partial charge on any atom is 0.0303 e. The summed E-state index contributed by atoms with van der Waals surface area (Å²) in [6, 6.07) is 11.4. The lowest BCUT2D eigenvalue weighted by Crippen LogP contribution is -2.14. The maximum atomic E-state index is 6.82. The van der Waals surface area contributed by atoms with Gasteiger partial charge in [-0.05, 0) is 46.7 Å². The predicted molar refractivity (Wildman–Crippen MR) is 156 cm³/mol. The Balaban J connectivity index is 0.00000578. The van der Waals surface area contributed by atoms with Crippen LogP contribution in [0.4, 0.5) is 0 Å². The van der Waals surface area contributed by atoms with Gasteiger partial charge in [0.25, 0.3) is 0 Å².